The number of hydrazone groups is 1. The van der Waals surface area contributed by atoms with E-state index in [0.717, 1.165) is 32.8 Å². The molecule has 2 nitrogen and oxygen atoms in total. The third kappa shape index (κ3) is 3.80. The van der Waals surface area contributed by atoms with E-state index < -0.39 is 11.7 Å². The van der Waals surface area contributed by atoms with Gasteiger partial charge in [-0.2, -0.15) is 18.3 Å². The van der Waals surface area contributed by atoms with Gasteiger partial charge in [0, 0.05) is 15.8 Å². The maximum atomic E-state index is 13.1. The monoisotopic (exact) mass is 450 g/mol. The van der Waals surface area contributed by atoms with E-state index in [9.17, 15) is 13.2 Å². The summed E-state index contributed by atoms with van der Waals surface area (Å²) >= 11 is 5.00. The minimum atomic E-state index is -4.38. The Morgan fingerprint density at radius 3 is 2.48 bits per heavy atom. The molecule has 2 heterocycles. The molecular weight excluding hydrogens is 437 g/mol. The molecule has 2 aromatic carbocycles. The second-order valence-electron chi connectivity index (χ2n) is 6.18. The molecule has 1 aliphatic heterocycles. The summed E-state index contributed by atoms with van der Waals surface area (Å²) in [6.07, 6.45) is -3.75. The average Bonchev–Trinajstić information content (AvgIpc) is 3.31. The van der Waals surface area contributed by atoms with Crippen LogP contribution in [0.3, 0.4) is 0 Å². The third-order valence-electron chi connectivity index (χ3n) is 4.40. The smallest absolute Gasteiger partial charge is 0.257 e. The first-order valence-electron chi connectivity index (χ1n) is 8.25. The zero-order valence-electron chi connectivity index (χ0n) is 13.9. The van der Waals surface area contributed by atoms with Crippen LogP contribution in [0, 0.1) is 0 Å². The normalized spacial score (nSPS) is 17.3. The molecule has 1 unspecified atom stereocenters. The van der Waals surface area contributed by atoms with Crippen LogP contribution < -0.4 is 5.01 Å². The molecule has 0 N–H and O–H groups in total. The molecule has 27 heavy (non-hydrogen) atoms. The zero-order chi connectivity index (χ0) is 19.0. The van der Waals surface area contributed by atoms with Crippen LogP contribution >= 0.6 is 27.3 Å². The molecule has 0 radical (unpaired) electrons. The predicted molar refractivity (Wildman–Crippen MR) is 106 cm³/mol. The Hall–Kier alpha value is -2.12. The number of hydrogen-bond acceptors (Lipinski definition) is 3. The van der Waals surface area contributed by atoms with Crippen LogP contribution in [0.25, 0.3) is 0 Å². The Labute approximate surface area is 167 Å². The van der Waals surface area contributed by atoms with Crippen molar-refractivity contribution in [1.29, 1.82) is 0 Å². The van der Waals surface area contributed by atoms with Crippen LogP contribution in [0.5, 0.6) is 0 Å². The van der Waals surface area contributed by atoms with Gasteiger partial charge in [0.25, 0.3) is 0 Å². The van der Waals surface area contributed by atoms with E-state index in [-0.39, 0.29) is 6.04 Å². The molecule has 4 rings (SSSR count). The Morgan fingerprint density at radius 2 is 1.81 bits per heavy atom. The molecule has 0 amide bonds. The topological polar surface area (TPSA) is 15.6 Å². The van der Waals surface area contributed by atoms with E-state index in [1.165, 1.54) is 6.07 Å². The van der Waals surface area contributed by atoms with E-state index in [4.69, 9.17) is 5.10 Å². The summed E-state index contributed by atoms with van der Waals surface area (Å²) < 4.78 is 40.4. The van der Waals surface area contributed by atoms with Crippen LogP contribution in [0.4, 0.5) is 18.9 Å². The lowest BCUT2D eigenvalue weighted by molar-refractivity contribution is -0.137. The van der Waals surface area contributed by atoms with Crippen molar-refractivity contribution in [2.45, 2.75) is 18.6 Å². The number of anilines is 1. The molecule has 3 aromatic rings. The van der Waals surface area contributed by atoms with Gasteiger partial charge in [-0.25, -0.2) is 0 Å². The number of benzene rings is 2. The van der Waals surface area contributed by atoms with Gasteiger partial charge in [0.2, 0.25) is 0 Å². The van der Waals surface area contributed by atoms with Gasteiger partial charge in [0.1, 0.15) is 0 Å². The largest absolute Gasteiger partial charge is 0.416 e. The van der Waals surface area contributed by atoms with Crippen molar-refractivity contribution in [2.75, 3.05) is 5.01 Å². The molecule has 0 spiro atoms. The van der Waals surface area contributed by atoms with Crippen LogP contribution in [0.2, 0.25) is 0 Å². The van der Waals surface area contributed by atoms with Crippen molar-refractivity contribution >= 4 is 38.7 Å². The lowest BCUT2D eigenvalue weighted by Crippen LogP contribution is -2.18. The Morgan fingerprint density at radius 1 is 1.04 bits per heavy atom. The van der Waals surface area contributed by atoms with Crippen molar-refractivity contribution in [3.63, 3.8) is 0 Å². The molecule has 1 atom stereocenters. The summed E-state index contributed by atoms with van der Waals surface area (Å²) in [4.78, 5) is 1.07. The van der Waals surface area contributed by atoms with E-state index in [1.54, 1.807) is 22.4 Å². The van der Waals surface area contributed by atoms with Crippen LogP contribution in [-0.4, -0.2) is 5.71 Å². The molecule has 0 saturated carbocycles. The maximum absolute atomic E-state index is 13.1. The van der Waals surface area contributed by atoms with Gasteiger partial charge in [-0.15, -0.1) is 11.3 Å². The summed E-state index contributed by atoms with van der Waals surface area (Å²) in [7, 11) is 0. The minimum absolute atomic E-state index is 0.118. The summed E-state index contributed by atoms with van der Waals surface area (Å²) in [6.45, 7) is 0. The highest BCUT2D eigenvalue weighted by Gasteiger charge is 2.34. The first-order chi connectivity index (χ1) is 12.9. The van der Waals surface area contributed by atoms with E-state index in [1.807, 2.05) is 41.8 Å². The zero-order valence-corrected chi connectivity index (χ0v) is 16.4. The first kappa shape index (κ1) is 18.3. The summed E-state index contributed by atoms with van der Waals surface area (Å²) in [5, 5.41) is 8.37. The van der Waals surface area contributed by atoms with Gasteiger partial charge in [0.15, 0.2) is 0 Å². The number of halogens is 4. The van der Waals surface area contributed by atoms with Crippen LogP contribution in [-0.2, 0) is 6.18 Å². The van der Waals surface area contributed by atoms with Crippen molar-refractivity contribution in [2.24, 2.45) is 5.10 Å². The van der Waals surface area contributed by atoms with Crippen molar-refractivity contribution < 1.29 is 13.2 Å². The molecule has 0 saturated heterocycles. The second kappa shape index (κ2) is 7.13. The van der Waals surface area contributed by atoms with Gasteiger partial charge < -0.3 is 0 Å². The average molecular weight is 451 g/mol. The van der Waals surface area contributed by atoms with Crippen molar-refractivity contribution in [1.82, 2.24) is 0 Å². The lowest BCUT2D eigenvalue weighted by atomic mass is 10.0. The van der Waals surface area contributed by atoms with Gasteiger partial charge in [-0.05, 0) is 47.3 Å². The molecule has 1 aromatic heterocycles. The predicted octanol–water partition coefficient (Wildman–Crippen LogP) is 6.89. The first-order valence-corrected chi connectivity index (χ1v) is 9.92. The minimum Gasteiger partial charge on any atom is -0.257 e. The SMILES string of the molecule is FC(F)(F)c1cccc(N2N=C(c3ccc(Br)cc3)CC2c2cccs2)c1. The highest BCUT2D eigenvalue weighted by Crippen LogP contribution is 2.40. The van der Waals surface area contributed by atoms with Crippen LogP contribution in [0.15, 0.2) is 75.6 Å². The Kier molecular flexibility index (Phi) is 4.82. The molecule has 138 valence electrons. The van der Waals surface area contributed by atoms with Gasteiger partial charge in [-0.1, -0.05) is 40.2 Å². The third-order valence-corrected chi connectivity index (χ3v) is 5.90. The van der Waals surface area contributed by atoms with Gasteiger partial charge in [0.05, 0.1) is 23.0 Å². The number of alkyl halides is 3. The lowest BCUT2D eigenvalue weighted by Gasteiger charge is -2.23. The maximum Gasteiger partial charge on any atom is 0.416 e. The molecule has 0 fully saturated rings. The Balaban J connectivity index is 1.76. The summed E-state index contributed by atoms with van der Waals surface area (Å²) in [6, 6.07) is 17.0. The van der Waals surface area contributed by atoms with Gasteiger partial charge in [-0.3, -0.25) is 5.01 Å². The summed E-state index contributed by atoms with van der Waals surface area (Å²) in [5.74, 6) is 0. The highest BCUT2D eigenvalue weighted by atomic mass is 79.9. The van der Waals surface area contributed by atoms with Crippen molar-refractivity contribution in [3.05, 3.63) is 86.5 Å². The van der Waals surface area contributed by atoms with E-state index in [0.29, 0.717) is 12.1 Å². The Bertz CT molecular complexity index is 966. The molecule has 0 bridgehead atoms. The molecule has 1 aliphatic rings. The van der Waals surface area contributed by atoms with E-state index >= 15 is 0 Å². The number of thiophene rings is 1. The summed E-state index contributed by atoms with van der Waals surface area (Å²) in [5.41, 5.74) is 1.60. The molecule has 7 heteroatoms. The van der Waals surface area contributed by atoms with Gasteiger partial charge >= 0.3 is 6.18 Å². The standard InChI is InChI=1S/C20H14BrF3N2S/c21-15-8-6-13(7-9-15)17-12-18(19-5-2-10-27-19)26(25-17)16-4-1-3-14(11-16)20(22,23)24/h1-11,18H,12H2. The van der Waals surface area contributed by atoms with Crippen LogP contribution in [0.1, 0.15) is 28.5 Å². The molecule has 0 aliphatic carbocycles. The number of rotatable bonds is 3. The number of hydrogen-bond donors (Lipinski definition) is 0. The van der Waals surface area contributed by atoms with Crippen molar-refractivity contribution in [3.8, 4) is 0 Å². The highest BCUT2D eigenvalue weighted by molar-refractivity contribution is 9.10. The second-order valence-corrected chi connectivity index (χ2v) is 8.08. The van der Waals surface area contributed by atoms with E-state index in [2.05, 4.69) is 15.9 Å². The fourth-order valence-corrected chi connectivity index (χ4v) is 4.17. The fourth-order valence-electron chi connectivity index (χ4n) is 3.09. The fraction of sp³-hybridized carbons (Fsp3) is 0.150. The quantitative estimate of drug-likeness (QED) is 0.424. The number of nitrogens with zero attached hydrogens (tertiary/aromatic N) is 2. The molecular formula is C20H14BrF3N2S.